The van der Waals surface area contributed by atoms with Crippen LogP contribution in [0.15, 0.2) is 11.1 Å². The van der Waals surface area contributed by atoms with Crippen molar-refractivity contribution in [3.63, 3.8) is 0 Å². The van der Waals surface area contributed by atoms with E-state index in [0.29, 0.717) is 12.8 Å². The van der Waals surface area contributed by atoms with E-state index in [1.54, 1.807) is 27.7 Å². The molecule has 300 valence electrons. The van der Waals surface area contributed by atoms with Crippen LogP contribution in [0, 0.1) is 5.41 Å². The van der Waals surface area contributed by atoms with E-state index in [-0.39, 0.29) is 18.8 Å². The molecule has 8 aliphatic heterocycles. The van der Waals surface area contributed by atoms with Crippen LogP contribution in [0.2, 0.25) is 0 Å². The maximum absolute atomic E-state index is 15.3. The SMILES string of the molecule is CC1(C)O[C@H]2O[C@H]([C@H]3COC(C)(C)O3)[C@H](OC(=O)C3=C4CCCCCC[C@@]56O[C@@H]5O[C@@H]4[C@@]36C(=O)O[C@@H]3[C@H]4OC(C)(C)O[C@H]4O[C@@H]3[C@H]3COC(C)(C)O3)[C@H]2O1. The molecule has 2 bridgehead atoms. The zero-order valence-electron chi connectivity index (χ0n) is 32.1. The van der Waals surface area contributed by atoms with Crippen LogP contribution in [-0.4, -0.2) is 128 Å². The van der Waals surface area contributed by atoms with Crippen LogP contribution in [0.5, 0.6) is 0 Å². The highest BCUT2D eigenvalue weighted by molar-refractivity contribution is 6.05. The van der Waals surface area contributed by atoms with Crippen LogP contribution in [-0.2, 0) is 75.9 Å². The van der Waals surface area contributed by atoms with Gasteiger partial charge in [-0.3, -0.25) is 4.79 Å². The molecule has 8 heterocycles. The Hall–Kier alpha value is -1.80. The maximum Gasteiger partial charge on any atom is 0.335 e. The number of ether oxygens (including phenoxy) is 14. The number of fused-ring (bicyclic) bond motifs is 3. The van der Waals surface area contributed by atoms with E-state index >= 15 is 9.59 Å². The standard InChI is InChI=1S/C38H52O16/c1-33(2)41-15-18(48-33)21-23(25-29(44-21)52-35(5,6)50-25)43-28(39)20-17-13-11-9-10-12-14-37-32(54-37)47-27(17)38(20,37)31(40)46-24-22(19-16-42-34(3,4)49-19)45-30-26(24)51-36(7,8)53-30/h18-19,21-27,29-30,32H,9-16H2,1-8H3/t18-,19-,21-,22-,23+,24+,25-,26-,27+,29-,30-,32+,37-,38-/m1/s1. The van der Waals surface area contributed by atoms with Crippen molar-refractivity contribution >= 4 is 11.9 Å². The maximum atomic E-state index is 15.3. The number of carbonyl (C=O) groups excluding carboxylic acids is 2. The first-order chi connectivity index (χ1) is 25.4. The highest BCUT2D eigenvalue weighted by Gasteiger charge is 2.88. The quantitative estimate of drug-likeness (QED) is 0.286. The highest BCUT2D eigenvalue weighted by atomic mass is 16.9. The normalized spacial score (nSPS) is 49.9. The molecular weight excluding hydrogens is 712 g/mol. The third-order valence-corrected chi connectivity index (χ3v) is 12.6. The molecule has 1 spiro atoms. The van der Waals surface area contributed by atoms with E-state index in [0.717, 1.165) is 31.3 Å². The first-order valence-corrected chi connectivity index (χ1v) is 19.6. The van der Waals surface area contributed by atoms with Gasteiger partial charge >= 0.3 is 11.9 Å². The summed E-state index contributed by atoms with van der Waals surface area (Å²) < 4.78 is 87.5. The molecule has 0 amide bonds. The lowest BCUT2D eigenvalue weighted by atomic mass is 9.54. The fourth-order valence-electron chi connectivity index (χ4n) is 10.4. The zero-order chi connectivity index (χ0) is 37.8. The van der Waals surface area contributed by atoms with E-state index in [9.17, 15) is 0 Å². The topological polar surface area (TPSA) is 167 Å². The molecule has 16 heteroatoms. The van der Waals surface area contributed by atoms with Crippen LogP contribution in [0.4, 0.5) is 0 Å². The van der Waals surface area contributed by atoms with E-state index in [4.69, 9.17) is 66.3 Å². The van der Waals surface area contributed by atoms with Gasteiger partial charge in [0.15, 0.2) is 71.8 Å². The fourth-order valence-corrected chi connectivity index (χ4v) is 10.4. The molecule has 0 aromatic rings. The van der Waals surface area contributed by atoms with Crippen LogP contribution in [0.25, 0.3) is 0 Å². The molecule has 10 aliphatic rings. The van der Waals surface area contributed by atoms with Gasteiger partial charge < -0.3 is 66.3 Å². The summed E-state index contributed by atoms with van der Waals surface area (Å²) in [5, 5.41) is 0. The van der Waals surface area contributed by atoms with Gasteiger partial charge in [0, 0.05) is 0 Å². The highest BCUT2D eigenvalue weighted by Crippen LogP contribution is 2.73. The van der Waals surface area contributed by atoms with Gasteiger partial charge in [0.1, 0.15) is 36.1 Å². The molecule has 14 atom stereocenters. The Kier molecular flexibility index (Phi) is 8.04. The van der Waals surface area contributed by atoms with Gasteiger partial charge in [-0.1, -0.05) is 19.3 Å². The number of rotatable bonds is 6. The molecule has 8 saturated heterocycles. The minimum atomic E-state index is -1.61. The summed E-state index contributed by atoms with van der Waals surface area (Å²) >= 11 is 0. The van der Waals surface area contributed by atoms with E-state index in [1.165, 1.54) is 0 Å². The molecule has 0 aromatic carbocycles. The van der Waals surface area contributed by atoms with Crippen molar-refractivity contribution < 1.29 is 75.9 Å². The van der Waals surface area contributed by atoms with Crippen molar-refractivity contribution in [3.05, 3.63) is 11.1 Å². The second kappa shape index (κ2) is 11.9. The lowest BCUT2D eigenvalue weighted by molar-refractivity contribution is -0.239. The molecule has 8 fully saturated rings. The van der Waals surface area contributed by atoms with Gasteiger partial charge in [0.2, 0.25) is 0 Å². The lowest BCUT2D eigenvalue weighted by Gasteiger charge is -2.49. The van der Waals surface area contributed by atoms with Gasteiger partial charge in [-0.05, 0) is 80.2 Å². The summed E-state index contributed by atoms with van der Waals surface area (Å²) in [6.07, 6.45) is -4.60. The van der Waals surface area contributed by atoms with Crippen molar-refractivity contribution in [3.8, 4) is 0 Å². The lowest BCUT2D eigenvalue weighted by Crippen LogP contribution is -2.63. The average molecular weight is 765 g/mol. The van der Waals surface area contributed by atoms with Crippen LogP contribution in [0.3, 0.4) is 0 Å². The molecule has 16 nitrogen and oxygen atoms in total. The molecule has 0 saturated carbocycles. The molecule has 0 aromatic heterocycles. The van der Waals surface area contributed by atoms with Crippen molar-refractivity contribution in [2.45, 2.75) is 196 Å². The summed E-state index contributed by atoms with van der Waals surface area (Å²) in [5.74, 6) is -5.04. The number of hydrogen-bond acceptors (Lipinski definition) is 16. The van der Waals surface area contributed by atoms with Gasteiger partial charge in [-0.25, -0.2) is 4.79 Å². The number of esters is 2. The molecule has 0 radical (unpaired) electrons. The number of hydrogen-bond donors (Lipinski definition) is 0. The summed E-state index contributed by atoms with van der Waals surface area (Å²) in [5.41, 5.74) is -1.79. The molecule has 2 aliphatic carbocycles. The second-order valence-electron chi connectivity index (χ2n) is 18.1. The first-order valence-electron chi connectivity index (χ1n) is 19.6. The van der Waals surface area contributed by atoms with Gasteiger partial charge in [-0.15, -0.1) is 0 Å². The average Bonchev–Trinajstić information content (AvgIpc) is 3.67. The Labute approximate surface area is 313 Å². The third-order valence-electron chi connectivity index (χ3n) is 12.6. The van der Waals surface area contributed by atoms with Crippen LogP contribution in [0.1, 0.15) is 93.9 Å². The Morgan fingerprint density at radius 1 is 0.593 bits per heavy atom. The van der Waals surface area contributed by atoms with E-state index in [2.05, 4.69) is 0 Å². The van der Waals surface area contributed by atoms with Gasteiger partial charge in [-0.2, -0.15) is 0 Å². The smallest absolute Gasteiger partial charge is 0.335 e. The van der Waals surface area contributed by atoms with Crippen LogP contribution < -0.4 is 0 Å². The molecule has 0 unspecified atom stereocenters. The monoisotopic (exact) mass is 764 g/mol. The van der Waals surface area contributed by atoms with Crippen molar-refractivity contribution in [1.29, 1.82) is 0 Å². The first kappa shape index (κ1) is 36.5. The van der Waals surface area contributed by atoms with Crippen LogP contribution >= 0.6 is 0 Å². The van der Waals surface area contributed by atoms with Gasteiger partial charge in [0.25, 0.3) is 0 Å². The molecule has 10 rings (SSSR count). The zero-order valence-corrected chi connectivity index (χ0v) is 32.1. The van der Waals surface area contributed by atoms with Crippen molar-refractivity contribution in [2.24, 2.45) is 5.41 Å². The van der Waals surface area contributed by atoms with E-state index in [1.807, 2.05) is 27.7 Å². The van der Waals surface area contributed by atoms with Gasteiger partial charge in [0.05, 0.1) is 18.8 Å². The molecule has 54 heavy (non-hydrogen) atoms. The summed E-state index contributed by atoms with van der Waals surface area (Å²) in [6.45, 7) is 14.8. The molecule has 0 N–H and O–H groups in total. The Morgan fingerprint density at radius 3 is 1.70 bits per heavy atom. The molecular formula is C38H52O16. The Morgan fingerprint density at radius 2 is 1.15 bits per heavy atom. The summed E-state index contributed by atoms with van der Waals surface area (Å²) in [7, 11) is 0. The fraction of sp³-hybridized carbons (Fsp3) is 0.895. The summed E-state index contributed by atoms with van der Waals surface area (Å²) in [6, 6.07) is 0. The third kappa shape index (κ3) is 5.39. The Bertz CT molecular complexity index is 1620. The minimum Gasteiger partial charge on any atom is -0.456 e. The summed E-state index contributed by atoms with van der Waals surface area (Å²) in [4.78, 5) is 30.3. The number of carbonyl (C=O) groups is 2. The number of epoxide rings is 1. The van der Waals surface area contributed by atoms with E-state index < -0.39 is 120 Å². The Balaban J connectivity index is 1.00. The minimum absolute atomic E-state index is 0.209. The second-order valence-corrected chi connectivity index (χ2v) is 18.1. The van der Waals surface area contributed by atoms with Crippen molar-refractivity contribution in [1.82, 2.24) is 0 Å². The largest absolute Gasteiger partial charge is 0.456 e. The predicted octanol–water partition coefficient (Wildman–Crippen LogP) is 3.01. The predicted molar refractivity (Wildman–Crippen MR) is 177 cm³/mol. The van der Waals surface area contributed by atoms with Crippen molar-refractivity contribution in [2.75, 3.05) is 13.2 Å².